The number of aliphatic imine (C=N–C) groups is 1. The Kier molecular flexibility index (Phi) is 11.6. The molecule has 1 heterocycles. The van der Waals surface area contributed by atoms with E-state index in [4.69, 9.17) is 5.73 Å². The predicted octanol–water partition coefficient (Wildman–Crippen LogP) is 0.712. The fraction of sp³-hybridized carbons (Fsp3) is 0.550. The molecule has 2 rings (SSSR count). The molecule has 8 nitrogen and oxygen atoms in total. The van der Waals surface area contributed by atoms with Crippen LogP contribution in [0.3, 0.4) is 0 Å². The van der Waals surface area contributed by atoms with Gasteiger partial charge in [-0.15, -0.1) is 24.0 Å². The number of likely N-dealkylation sites (tertiary alicyclic amines) is 1. The van der Waals surface area contributed by atoms with Crippen molar-refractivity contribution >= 4 is 41.8 Å². The first-order chi connectivity index (χ1) is 13.5. The number of rotatable bonds is 8. The number of halogens is 1. The third-order valence-electron chi connectivity index (χ3n) is 4.74. The summed E-state index contributed by atoms with van der Waals surface area (Å²) in [6, 6.07) is 7.95. The largest absolute Gasteiger partial charge is 0.369 e. The highest BCUT2D eigenvalue weighted by atomic mass is 127. The quantitative estimate of drug-likeness (QED) is 0.231. The van der Waals surface area contributed by atoms with Crippen LogP contribution in [0.5, 0.6) is 0 Å². The van der Waals surface area contributed by atoms with Crippen molar-refractivity contribution in [2.24, 2.45) is 10.7 Å². The highest BCUT2D eigenvalue weighted by molar-refractivity contribution is 14.0. The molecule has 0 radical (unpaired) electrons. The van der Waals surface area contributed by atoms with E-state index in [2.05, 4.69) is 25.8 Å². The van der Waals surface area contributed by atoms with E-state index in [1.807, 2.05) is 31.2 Å². The van der Waals surface area contributed by atoms with Gasteiger partial charge in [-0.25, -0.2) is 0 Å². The van der Waals surface area contributed by atoms with Gasteiger partial charge in [0.15, 0.2) is 5.96 Å². The summed E-state index contributed by atoms with van der Waals surface area (Å²) < 4.78 is 0. The molecule has 2 amide bonds. The maximum absolute atomic E-state index is 11.7. The van der Waals surface area contributed by atoms with Gasteiger partial charge in [0.2, 0.25) is 5.91 Å². The second-order valence-corrected chi connectivity index (χ2v) is 6.95. The summed E-state index contributed by atoms with van der Waals surface area (Å²) in [5.41, 5.74) is 7.01. The molecule has 29 heavy (non-hydrogen) atoms. The van der Waals surface area contributed by atoms with Gasteiger partial charge in [-0.3, -0.25) is 19.5 Å². The summed E-state index contributed by atoms with van der Waals surface area (Å²) >= 11 is 0. The molecule has 1 aliphatic rings. The number of primary amides is 1. The zero-order valence-corrected chi connectivity index (χ0v) is 19.6. The Morgan fingerprint density at radius 2 is 2.00 bits per heavy atom. The lowest BCUT2D eigenvalue weighted by Gasteiger charge is -2.32. The number of amides is 2. The minimum atomic E-state index is -0.276. The van der Waals surface area contributed by atoms with Gasteiger partial charge in [0.25, 0.3) is 5.91 Å². The number of nitrogens with one attached hydrogen (secondary N) is 3. The van der Waals surface area contributed by atoms with Crippen LogP contribution in [0.15, 0.2) is 29.3 Å². The molecular weight excluding hydrogens is 483 g/mol. The number of carbonyl (C=O) groups excluding carboxylic acids is 2. The number of piperidine rings is 1. The van der Waals surface area contributed by atoms with Crippen molar-refractivity contribution in [3.05, 3.63) is 35.4 Å². The molecule has 1 saturated heterocycles. The summed E-state index contributed by atoms with van der Waals surface area (Å²) in [7, 11) is 1.63. The van der Waals surface area contributed by atoms with Crippen LogP contribution in [0, 0.1) is 0 Å². The van der Waals surface area contributed by atoms with Crippen LogP contribution in [-0.2, 0) is 11.2 Å². The van der Waals surface area contributed by atoms with Gasteiger partial charge in [0.05, 0.1) is 6.54 Å². The average molecular weight is 516 g/mol. The topological polar surface area (TPSA) is 112 Å². The van der Waals surface area contributed by atoms with Gasteiger partial charge in [-0.1, -0.05) is 12.1 Å². The highest BCUT2D eigenvalue weighted by Crippen LogP contribution is 2.10. The lowest BCUT2D eigenvalue weighted by molar-refractivity contribution is -0.119. The summed E-state index contributed by atoms with van der Waals surface area (Å²) in [6.45, 7) is 5.50. The summed E-state index contributed by atoms with van der Waals surface area (Å²) in [5, 5.41) is 9.42. The zero-order valence-electron chi connectivity index (χ0n) is 17.2. The van der Waals surface area contributed by atoms with Crippen molar-refractivity contribution in [1.29, 1.82) is 0 Å². The van der Waals surface area contributed by atoms with Crippen LogP contribution >= 0.6 is 24.0 Å². The van der Waals surface area contributed by atoms with Crippen LogP contribution in [0.1, 0.15) is 35.7 Å². The Bertz CT molecular complexity index is 689. The molecule has 0 unspecified atom stereocenters. The molecule has 0 saturated carbocycles. The van der Waals surface area contributed by atoms with E-state index in [0.717, 1.165) is 50.4 Å². The third-order valence-corrected chi connectivity index (χ3v) is 4.74. The van der Waals surface area contributed by atoms with E-state index in [1.165, 1.54) is 0 Å². The first-order valence-corrected chi connectivity index (χ1v) is 9.88. The lowest BCUT2D eigenvalue weighted by Crippen LogP contribution is -2.49. The lowest BCUT2D eigenvalue weighted by atomic mass is 10.1. The standard InChI is InChI=1S/C20H32N6O2.HI/c1-3-23-20(25-17-8-11-26(12-9-17)14-18(21)27)24-10-7-15-5-4-6-16(13-15)19(28)22-2;/h4-6,13,17H,3,7-12,14H2,1-2H3,(H2,21,27)(H,22,28)(H2,23,24,25);1H. The number of benzene rings is 1. The fourth-order valence-electron chi connectivity index (χ4n) is 3.28. The normalized spacial score (nSPS) is 15.3. The van der Waals surface area contributed by atoms with Gasteiger partial charge >= 0.3 is 0 Å². The molecule has 1 aliphatic heterocycles. The molecule has 1 aromatic rings. The molecule has 0 aromatic heterocycles. The smallest absolute Gasteiger partial charge is 0.251 e. The number of nitrogens with two attached hydrogens (primary N) is 1. The molecule has 162 valence electrons. The summed E-state index contributed by atoms with van der Waals surface area (Å²) in [4.78, 5) is 29.5. The maximum Gasteiger partial charge on any atom is 0.251 e. The molecule has 0 bridgehead atoms. The van der Waals surface area contributed by atoms with E-state index < -0.39 is 0 Å². The first kappa shape index (κ1) is 25.2. The van der Waals surface area contributed by atoms with E-state index in [9.17, 15) is 9.59 Å². The molecule has 5 N–H and O–H groups in total. The summed E-state index contributed by atoms with van der Waals surface area (Å²) in [6.07, 6.45) is 2.66. The number of nitrogens with zero attached hydrogens (tertiary/aromatic N) is 2. The van der Waals surface area contributed by atoms with Crippen molar-refractivity contribution in [3.63, 3.8) is 0 Å². The average Bonchev–Trinajstić information content (AvgIpc) is 2.69. The number of hydrogen-bond acceptors (Lipinski definition) is 4. The Hall–Kier alpha value is -1.88. The number of hydrogen-bond donors (Lipinski definition) is 4. The van der Waals surface area contributed by atoms with Crippen LogP contribution in [0.2, 0.25) is 0 Å². The third kappa shape index (κ3) is 8.99. The SMILES string of the molecule is CCNC(=NCCc1cccc(C(=O)NC)c1)NC1CCN(CC(N)=O)CC1.I. The Morgan fingerprint density at radius 3 is 2.62 bits per heavy atom. The fourth-order valence-corrected chi connectivity index (χ4v) is 3.28. The van der Waals surface area contributed by atoms with Crippen molar-refractivity contribution in [2.75, 3.05) is 39.8 Å². The second kappa shape index (κ2) is 13.4. The van der Waals surface area contributed by atoms with Crippen LogP contribution in [-0.4, -0.2) is 68.5 Å². The van der Waals surface area contributed by atoms with Crippen molar-refractivity contribution in [2.45, 2.75) is 32.2 Å². The molecule has 0 spiro atoms. The maximum atomic E-state index is 11.7. The molecule has 1 fully saturated rings. The Morgan fingerprint density at radius 1 is 1.28 bits per heavy atom. The van der Waals surface area contributed by atoms with Crippen molar-refractivity contribution < 1.29 is 9.59 Å². The van der Waals surface area contributed by atoms with Gasteiger partial charge in [-0.2, -0.15) is 0 Å². The van der Waals surface area contributed by atoms with E-state index >= 15 is 0 Å². The Balaban J connectivity index is 0.00000420. The minimum Gasteiger partial charge on any atom is -0.369 e. The van der Waals surface area contributed by atoms with Gasteiger partial charge in [-0.05, 0) is 43.9 Å². The van der Waals surface area contributed by atoms with Gasteiger partial charge in [0, 0.05) is 44.8 Å². The first-order valence-electron chi connectivity index (χ1n) is 9.88. The zero-order chi connectivity index (χ0) is 20.4. The molecule has 0 aliphatic carbocycles. The second-order valence-electron chi connectivity index (χ2n) is 6.95. The highest BCUT2D eigenvalue weighted by Gasteiger charge is 2.20. The van der Waals surface area contributed by atoms with Crippen molar-refractivity contribution in [1.82, 2.24) is 20.9 Å². The van der Waals surface area contributed by atoms with E-state index in [0.29, 0.717) is 24.7 Å². The van der Waals surface area contributed by atoms with Crippen LogP contribution in [0.4, 0.5) is 0 Å². The van der Waals surface area contributed by atoms with Crippen molar-refractivity contribution in [3.8, 4) is 0 Å². The van der Waals surface area contributed by atoms with Gasteiger partial charge in [0.1, 0.15) is 0 Å². The molecular formula is C20H33IN6O2. The number of carbonyl (C=O) groups is 2. The minimum absolute atomic E-state index is 0. The van der Waals surface area contributed by atoms with E-state index in [-0.39, 0.29) is 35.8 Å². The predicted molar refractivity (Wildman–Crippen MR) is 127 cm³/mol. The molecule has 1 aromatic carbocycles. The Labute approximate surface area is 190 Å². The van der Waals surface area contributed by atoms with E-state index in [1.54, 1.807) is 7.05 Å². The van der Waals surface area contributed by atoms with Crippen LogP contribution < -0.4 is 21.7 Å². The molecule has 9 heteroatoms. The van der Waals surface area contributed by atoms with Crippen LogP contribution in [0.25, 0.3) is 0 Å². The monoisotopic (exact) mass is 516 g/mol. The molecule has 0 atom stereocenters. The van der Waals surface area contributed by atoms with Gasteiger partial charge < -0.3 is 21.7 Å². The summed E-state index contributed by atoms with van der Waals surface area (Å²) in [5.74, 6) is 0.447. The number of guanidine groups is 1.